The summed E-state index contributed by atoms with van der Waals surface area (Å²) in [4.78, 5) is 20.6. The van der Waals surface area contributed by atoms with E-state index in [4.69, 9.17) is 14.5 Å². The van der Waals surface area contributed by atoms with Crippen LogP contribution in [0.25, 0.3) is 22.3 Å². The van der Waals surface area contributed by atoms with Crippen molar-refractivity contribution in [1.29, 1.82) is 0 Å². The molecule has 4 aliphatic rings. The summed E-state index contributed by atoms with van der Waals surface area (Å²) in [5.74, 6) is 0.892. The van der Waals surface area contributed by atoms with Crippen LogP contribution < -0.4 is 10.3 Å². The highest BCUT2D eigenvalue weighted by molar-refractivity contribution is 5.88. The van der Waals surface area contributed by atoms with Crippen LogP contribution in [0.2, 0.25) is 0 Å². The molecule has 5 heterocycles. The van der Waals surface area contributed by atoms with E-state index < -0.39 is 12.0 Å². The molecule has 0 bridgehead atoms. The maximum absolute atomic E-state index is 14.5. The summed E-state index contributed by atoms with van der Waals surface area (Å²) in [7, 11) is 0. The summed E-state index contributed by atoms with van der Waals surface area (Å²) in [5.41, 5.74) is 2.77. The first-order valence-electron chi connectivity index (χ1n) is 11.6. The molecule has 1 fully saturated rings. The van der Waals surface area contributed by atoms with Gasteiger partial charge in [-0.05, 0) is 43.5 Å². The van der Waals surface area contributed by atoms with Gasteiger partial charge in [0.25, 0.3) is 5.56 Å². The SMILES string of the molecule is CC[C@]1(O)c2cc3n(c(=O)c2CO[C@H]1F)Cc1cc2c4c(ccc2nc1-3)OCN(C1CC1)C4. The van der Waals surface area contributed by atoms with Gasteiger partial charge in [-0.15, -0.1) is 0 Å². The van der Waals surface area contributed by atoms with Gasteiger partial charge in [-0.3, -0.25) is 9.69 Å². The van der Waals surface area contributed by atoms with Crippen LogP contribution >= 0.6 is 0 Å². The Kier molecular flexibility index (Phi) is 3.94. The lowest BCUT2D eigenvalue weighted by Gasteiger charge is -2.36. The third-order valence-corrected chi connectivity index (χ3v) is 7.68. The van der Waals surface area contributed by atoms with E-state index in [9.17, 15) is 14.3 Å². The minimum atomic E-state index is -1.87. The van der Waals surface area contributed by atoms with E-state index in [2.05, 4.69) is 11.0 Å². The molecule has 3 aromatic rings. The van der Waals surface area contributed by atoms with Gasteiger partial charge in [0, 0.05) is 40.2 Å². The van der Waals surface area contributed by atoms with Crippen molar-refractivity contribution in [3.05, 3.63) is 56.9 Å². The summed E-state index contributed by atoms with van der Waals surface area (Å²) in [6.45, 7) is 3.38. The zero-order valence-electron chi connectivity index (χ0n) is 18.3. The summed E-state index contributed by atoms with van der Waals surface area (Å²) in [6, 6.07) is 8.37. The van der Waals surface area contributed by atoms with Crippen molar-refractivity contribution in [1.82, 2.24) is 14.5 Å². The number of hydrogen-bond donors (Lipinski definition) is 1. The fourth-order valence-electron chi connectivity index (χ4n) is 5.55. The molecule has 1 aromatic carbocycles. The Morgan fingerprint density at radius 1 is 1.24 bits per heavy atom. The van der Waals surface area contributed by atoms with Crippen LogP contribution in [0, 0.1) is 0 Å². The lowest BCUT2D eigenvalue weighted by Crippen LogP contribution is -2.45. The molecule has 7 nitrogen and oxygen atoms in total. The molecule has 0 amide bonds. The maximum Gasteiger partial charge on any atom is 0.257 e. The molecule has 2 atom stereocenters. The number of hydrogen-bond acceptors (Lipinski definition) is 6. The Hall–Kier alpha value is -2.81. The molecule has 1 aliphatic carbocycles. The van der Waals surface area contributed by atoms with Crippen molar-refractivity contribution in [2.45, 2.75) is 63.9 Å². The number of aromatic nitrogens is 2. The minimum absolute atomic E-state index is 0.103. The number of rotatable bonds is 2. The molecule has 1 N–H and O–H groups in total. The number of aliphatic hydroxyl groups is 1. The minimum Gasteiger partial charge on any atom is -0.478 e. The quantitative estimate of drug-likeness (QED) is 0.507. The van der Waals surface area contributed by atoms with Crippen LogP contribution in [-0.2, 0) is 30.0 Å². The number of alkyl halides is 1. The zero-order chi connectivity index (χ0) is 22.5. The van der Waals surface area contributed by atoms with Crippen molar-refractivity contribution in [2.24, 2.45) is 0 Å². The molecule has 7 rings (SSSR count). The van der Waals surface area contributed by atoms with E-state index in [-0.39, 0.29) is 18.6 Å². The Balaban J connectivity index is 1.40. The maximum atomic E-state index is 14.5. The highest BCUT2D eigenvalue weighted by atomic mass is 19.1. The first kappa shape index (κ1) is 19.6. The Morgan fingerprint density at radius 3 is 2.88 bits per heavy atom. The van der Waals surface area contributed by atoms with E-state index >= 15 is 0 Å². The van der Waals surface area contributed by atoms with E-state index in [1.165, 1.54) is 12.8 Å². The number of benzene rings is 1. The predicted octanol–water partition coefficient (Wildman–Crippen LogP) is 3.16. The van der Waals surface area contributed by atoms with Crippen LogP contribution in [-0.4, -0.2) is 38.7 Å². The summed E-state index contributed by atoms with van der Waals surface area (Å²) < 4.78 is 27.3. The van der Waals surface area contributed by atoms with Crippen molar-refractivity contribution in [3.63, 3.8) is 0 Å². The normalized spacial score (nSPS) is 25.8. The van der Waals surface area contributed by atoms with Crippen molar-refractivity contribution >= 4 is 10.9 Å². The number of ether oxygens (including phenoxy) is 2. The Bertz CT molecular complexity index is 1400. The monoisotopic (exact) mass is 449 g/mol. The van der Waals surface area contributed by atoms with Gasteiger partial charge in [-0.25, -0.2) is 9.37 Å². The second-order valence-electron chi connectivity index (χ2n) is 9.57. The average molecular weight is 449 g/mol. The number of fused-ring (bicyclic) bond motifs is 7. The standard InChI is InChI=1S/C25H24FN3O4/c1-2-25(31)18-8-20-22-13(9-29(20)23(30)17(18)11-32-24(25)26)7-15-16-10-28(14-3-4-14)12-33-21(16)6-5-19(15)27-22/h5-8,14,24,31H,2-4,9-12H2,1H3/t24-,25+/m1/s1. The Labute approximate surface area is 189 Å². The van der Waals surface area contributed by atoms with Crippen molar-refractivity contribution < 1.29 is 19.0 Å². The number of pyridine rings is 2. The predicted molar refractivity (Wildman–Crippen MR) is 118 cm³/mol. The molecule has 0 spiro atoms. The van der Waals surface area contributed by atoms with Gasteiger partial charge in [0.1, 0.15) is 18.1 Å². The van der Waals surface area contributed by atoms with Gasteiger partial charge in [-0.1, -0.05) is 6.92 Å². The van der Waals surface area contributed by atoms with Gasteiger partial charge in [0.15, 0.2) is 0 Å². The topological polar surface area (TPSA) is 76.8 Å². The third-order valence-electron chi connectivity index (χ3n) is 7.68. The van der Waals surface area contributed by atoms with Crippen molar-refractivity contribution in [2.75, 3.05) is 6.73 Å². The van der Waals surface area contributed by atoms with E-state index in [1.807, 2.05) is 12.1 Å². The molecular formula is C25H24FN3O4. The first-order valence-corrected chi connectivity index (χ1v) is 11.6. The zero-order valence-corrected chi connectivity index (χ0v) is 18.3. The van der Waals surface area contributed by atoms with Gasteiger partial charge >= 0.3 is 0 Å². The lowest BCUT2D eigenvalue weighted by molar-refractivity contribution is -0.198. The second kappa shape index (κ2) is 6.62. The fourth-order valence-corrected chi connectivity index (χ4v) is 5.55. The van der Waals surface area contributed by atoms with Crippen LogP contribution in [0.5, 0.6) is 5.75 Å². The van der Waals surface area contributed by atoms with Gasteiger partial charge in [0.2, 0.25) is 6.36 Å². The molecule has 33 heavy (non-hydrogen) atoms. The Morgan fingerprint density at radius 2 is 2.09 bits per heavy atom. The molecule has 0 unspecified atom stereocenters. The molecule has 3 aliphatic heterocycles. The van der Waals surface area contributed by atoms with E-state index in [1.54, 1.807) is 17.6 Å². The lowest BCUT2D eigenvalue weighted by atomic mass is 9.85. The number of nitrogens with zero attached hydrogens (tertiary/aromatic N) is 3. The molecular weight excluding hydrogens is 425 g/mol. The molecule has 2 aromatic heterocycles. The highest BCUT2D eigenvalue weighted by Gasteiger charge is 2.45. The van der Waals surface area contributed by atoms with Crippen LogP contribution in [0.4, 0.5) is 4.39 Å². The molecule has 0 saturated heterocycles. The van der Waals surface area contributed by atoms with Gasteiger partial charge < -0.3 is 19.1 Å². The second-order valence-corrected chi connectivity index (χ2v) is 9.57. The van der Waals surface area contributed by atoms with Gasteiger partial charge in [0.05, 0.1) is 30.1 Å². The molecule has 170 valence electrons. The summed E-state index contributed by atoms with van der Waals surface area (Å²) >= 11 is 0. The first-order chi connectivity index (χ1) is 16.0. The smallest absolute Gasteiger partial charge is 0.257 e. The van der Waals surface area contributed by atoms with Gasteiger partial charge in [-0.2, -0.15) is 0 Å². The summed E-state index contributed by atoms with van der Waals surface area (Å²) in [6.07, 6.45) is 0.663. The van der Waals surface area contributed by atoms with E-state index in [0.717, 1.165) is 34.3 Å². The highest BCUT2D eigenvalue weighted by Crippen LogP contribution is 2.42. The third kappa shape index (κ3) is 2.65. The average Bonchev–Trinajstić information content (AvgIpc) is 3.62. The van der Waals surface area contributed by atoms with Crippen LogP contribution in [0.3, 0.4) is 0 Å². The molecule has 1 saturated carbocycles. The molecule has 8 heteroatoms. The van der Waals surface area contributed by atoms with Crippen LogP contribution in [0.1, 0.15) is 48.4 Å². The summed E-state index contributed by atoms with van der Waals surface area (Å²) in [5, 5.41) is 12.0. The molecule has 0 radical (unpaired) electrons. The largest absolute Gasteiger partial charge is 0.478 e. The fraction of sp³-hybridized carbons (Fsp3) is 0.440. The van der Waals surface area contributed by atoms with Crippen LogP contribution in [0.15, 0.2) is 29.1 Å². The van der Waals surface area contributed by atoms with Crippen molar-refractivity contribution in [3.8, 4) is 17.1 Å². The number of halogens is 1. The van der Waals surface area contributed by atoms with E-state index in [0.29, 0.717) is 41.8 Å².